The van der Waals surface area contributed by atoms with Gasteiger partial charge in [-0.2, -0.15) is 0 Å². The third-order valence-corrected chi connectivity index (χ3v) is 3.64. The third-order valence-electron chi connectivity index (χ3n) is 2.71. The lowest BCUT2D eigenvalue weighted by atomic mass is 10.2. The molecule has 4 heteroatoms. The summed E-state index contributed by atoms with van der Waals surface area (Å²) in [6.45, 7) is 2.03. The van der Waals surface area contributed by atoms with E-state index in [9.17, 15) is 0 Å². The number of aromatic nitrogens is 2. The summed E-state index contributed by atoms with van der Waals surface area (Å²) >= 11 is 1.57. The number of anilines is 2. The monoisotopic (exact) mass is 265 g/mol. The van der Waals surface area contributed by atoms with E-state index in [-0.39, 0.29) is 0 Å². The van der Waals surface area contributed by atoms with Gasteiger partial charge in [0, 0.05) is 11.8 Å². The first kappa shape index (κ1) is 11.7. The molecule has 19 heavy (non-hydrogen) atoms. The molecular weight excluding hydrogens is 254 g/mol. The topological polar surface area (TPSA) is 37.8 Å². The highest BCUT2D eigenvalue weighted by Gasteiger charge is 2.05. The van der Waals surface area contributed by atoms with Gasteiger partial charge in [-0.15, -0.1) is 6.42 Å². The summed E-state index contributed by atoms with van der Waals surface area (Å²) in [7, 11) is 0. The number of nitrogens with zero attached hydrogens (tertiary/aromatic N) is 2. The number of rotatable bonds is 2. The molecule has 1 N–H and O–H groups in total. The lowest BCUT2D eigenvalue weighted by molar-refractivity contribution is 1.27. The number of thiazole rings is 1. The number of hydrogen-bond acceptors (Lipinski definition) is 4. The van der Waals surface area contributed by atoms with Crippen LogP contribution in [-0.4, -0.2) is 9.97 Å². The Balaban J connectivity index is 1.96. The van der Waals surface area contributed by atoms with Crippen LogP contribution in [0.15, 0.2) is 36.5 Å². The van der Waals surface area contributed by atoms with Crippen molar-refractivity contribution in [1.29, 1.82) is 0 Å². The molecule has 2 aromatic heterocycles. The van der Waals surface area contributed by atoms with E-state index in [2.05, 4.69) is 21.2 Å². The first-order valence-corrected chi connectivity index (χ1v) is 6.63. The summed E-state index contributed by atoms with van der Waals surface area (Å²) in [6.07, 6.45) is 7.18. The van der Waals surface area contributed by atoms with E-state index in [1.54, 1.807) is 17.5 Å². The number of nitrogens with one attached hydrogen (secondary N) is 1. The summed E-state index contributed by atoms with van der Waals surface area (Å²) in [5.41, 5.74) is 2.98. The van der Waals surface area contributed by atoms with Gasteiger partial charge in [0.05, 0.1) is 10.2 Å². The fraction of sp³-hybridized carbons (Fsp3) is 0.0667. The quantitative estimate of drug-likeness (QED) is 0.717. The Bertz CT molecular complexity index is 783. The third kappa shape index (κ3) is 2.42. The van der Waals surface area contributed by atoms with E-state index < -0.39 is 0 Å². The smallest absolute Gasteiger partial charge is 0.189 e. The summed E-state index contributed by atoms with van der Waals surface area (Å²) in [4.78, 5) is 8.77. The highest BCUT2D eigenvalue weighted by atomic mass is 32.1. The number of terminal acetylenes is 1. The van der Waals surface area contributed by atoms with Crippen LogP contribution < -0.4 is 5.32 Å². The Morgan fingerprint density at radius 3 is 2.95 bits per heavy atom. The summed E-state index contributed by atoms with van der Waals surface area (Å²) in [5.74, 6) is 3.43. The van der Waals surface area contributed by atoms with Crippen molar-refractivity contribution in [2.24, 2.45) is 0 Å². The lowest BCUT2D eigenvalue weighted by Crippen LogP contribution is -1.92. The number of hydrogen-bond donors (Lipinski definition) is 1. The SMILES string of the molecule is C#Cc1ccc2nc(Nc3cc(C)ccn3)sc2c1. The van der Waals surface area contributed by atoms with Gasteiger partial charge < -0.3 is 5.32 Å². The molecule has 0 fully saturated rings. The maximum atomic E-state index is 5.40. The second-order valence-electron chi connectivity index (χ2n) is 4.19. The minimum Gasteiger partial charge on any atom is -0.316 e. The van der Waals surface area contributed by atoms with Crippen LogP contribution in [0.4, 0.5) is 10.9 Å². The molecule has 0 atom stereocenters. The second-order valence-corrected chi connectivity index (χ2v) is 5.22. The van der Waals surface area contributed by atoms with Gasteiger partial charge >= 0.3 is 0 Å². The van der Waals surface area contributed by atoms with Crippen molar-refractivity contribution in [3.63, 3.8) is 0 Å². The number of benzene rings is 1. The zero-order valence-corrected chi connectivity index (χ0v) is 11.2. The van der Waals surface area contributed by atoms with Crippen LogP contribution in [0.5, 0.6) is 0 Å². The van der Waals surface area contributed by atoms with Gasteiger partial charge in [0.25, 0.3) is 0 Å². The zero-order valence-electron chi connectivity index (χ0n) is 10.3. The second kappa shape index (κ2) is 4.71. The van der Waals surface area contributed by atoms with Crippen molar-refractivity contribution in [3.8, 4) is 12.3 Å². The van der Waals surface area contributed by atoms with E-state index in [0.717, 1.165) is 32.3 Å². The van der Waals surface area contributed by atoms with E-state index >= 15 is 0 Å². The number of pyridine rings is 1. The average molecular weight is 265 g/mol. The molecule has 1 aromatic carbocycles. The molecule has 0 radical (unpaired) electrons. The molecule has 0 unspecified atom stereocenters. The van der Waals surface area contributed by atoms with Crippen LogP contribution in [0.2, 0.25) is 0 Å². The zero-order chi connectivity index (χ0) is 13.2. The van der Waals surface area contributed by atoms with E-state index in [4.69, 9.17) is 6.42 Å². The van der Waals surface area contributed by atoms with Gasteiger partial charge in [-0.05, 0) is 42.8 Å². The molecule has 3 rings (SSSR count). The molecule has 3 nitrogen and oxygen atoms in total. The van der Waals surface area contributed by atoms with Crippen LogP contribution in [0, 0.1) is 19.3 Å². The lowest BCUT2D eigenvalue weighted by Gasteiger charge is -2.01. The summed E-state index contributed by atoms with van der Waals surface area (Å²) < 4.78 is 1.07. The Morgan fingerprint density at radius 2 is 2.16 bits per heavy atom. The molecule has 0 bridgehead atoms. The molecule has 0 aliphatic rings. The highest BCUT2D eigenvalue weighted by molar-refractivity contribution is 7.22. The van der Waals surface area contributed by atoms with E-state index in [1.807, 2.05) is 37.3 Å². The predicted molar refractivity (Wildman–Crippen MR) is 79.8 cm³/mol. The van der Waals surface area contributed by atoms with Crippen LogP contribution in [0.25, 0.3) is 10.2 Å². The van der Waals surface area contributed by atoms with Crippen molar-refractivity contribution in [3.05, 3.63) is 47.7 Å². The van der Waals surface area contributed by atoms with Gasteiger partial charge in [0.15, 0.2) is 5.13 Å². The molecule has 2 heterocycles. The minimum absolute atomic E-state index is 0.802. The normalized spacial score (nSPS) is 10.3. The van der Waals surface area contributed by atoms with Gasteiger partial charge in [0.1, 0.15) is 5.82 Å². The molecule has 0 saturated carbocycles. The Labute approximate surface area is 115 Å². The predicted octanol–water partition coefficient (Wildman–Crippen LogP) is 3.72. The molecule has 0 amide bonds. The molecule has 0 aliphatic heterocycles. The molecule has 3 aromatic rings. The molecule has 0 aliphatic carbocycles. The van der Waals surface area contributed by atoms with Gasteiger partial charge in [-0.1, -0.05) is 17.3 Å². The van der Waals surface area contributed by atoms with Gasteiger partial charge in [-0.3, -0.25) is 0 Å². The van der Waals surface area contributed by atoms with Crippen molar-refractivity contribution < 1.29 is 0 Å². The highest BCUT2D eigenvalue weighted by Crippen LogP contribution is 2.28. The van der Waals surface area contributed by atoms with E-state index in [1.165, 1.54) is 0 Å². The first-order chi connectivity index (χ1) is 9.24. The molecule has 0 saturated heterocycles. The largest absolute Gasteiger partial charge is 0.316 e. The molecule has 0 spiro atoms. The summed E-state index contributed by atoms with van der Waals surface area (Å²) in [6, 6.07) is 9.76. The van der Waals surface area contributed by atoms with Crippen LogP contribution in [0.1, 0.15) is 11.1 Å². The number of fused-ring (bicyclic) bond motifs is 1. The van der Waals surface area contributed by atoms with Crippen molar-refractivity contribution in [1.82, 2.24) is 9.97 Å². The Morgan fingerprint density at radius 1 is 1.26 bits per heavy atom. The number of aryl methyl sites for hydroxylation is 1. The first-order valence-electron chi connectivity index (χ1n) is 5.81. The fourth-order valence-electron chi connectivity index (χ4n) is 1.78. The molecular formula is C15H11N3S. The van der Waals surface area contributed by atoms with Crippen molar-refractivity contribution >= 4 is 32.5 Å². The fourth-order valence-corrected chi connectivity index (χ4v) is 2.69. The minimum atomic E-state index is 0.802. The maximum absolute atomic E-state index is 5.40. The standard InChI is InChI=1S/C15H11N3S/c1-3-11-4-5-12-13(9-11)19-15(17-12)18-14-8-10(2)6-7-16-14/h1,4-9H,2H3,(H,16,17,18). The Hall–Kier alpha value is -2.38. The Kier molecular flexibility index (Phi) is 2.90. The van der Waals surface area contributed by atoms with Crippen molar-refractivity contribution in [2.75, 3.05) is 5.32 Å². The van der Waals surface area contributed by atoms with Gasteiger partial charge in [-0.25, -0.2) is 9.97 Å². The van der Waals surface area contributed by atoms with Crippen LogP contribution in [-0.2, 0) is 0 Å². The average Bonchev–Trinajstić information content (AvgIpc) is 2.79. The van der Waals surface area contributed by atoms with E-state index in [0.29, 0.717) is 0 Å². The van der Waals surface area contributed by atoms with Crippen molar-refractivity contribution in [2.45, 2.75) is 6.92 Å². The maximum Gasteiger partial charge on any atom is 0.189 e. The molecule has 92 valence electrons. The van der Waals surface area contributed by atoms with Crippen LogP contribution in [0.3, 0.4) is 0 Å². The summed E-state index contributed by atoms with van der Waals surface area (Å²) in [5, 5.41) is 4.04. The van der Waals surface area contributed by atoms with Gasteiger partial charge in [0.2, 0.25) is 0 Å². The van der Waals surface area contributed by atoms with Crippen LogP contribution >= 0.6 is 11.3 Å².